The number of pyridine rings is 2. The van der Waals surface area contributed by atoms with Crippen LogP contribution in [0.25, 0.3) is 0 Å². The molecule has 2 aromatic rings. The van der Waals surface area contributed by atoms with E-state index < -0.39 is 0 Å². The van der Waals surface area contributed by atoms with E-state index in [2.05, 4.69) is 29.1 Å². The van der Waals surface area contributed by atoms with E-state index in [0.717, 1.165) is 41.8 Å². The summed E-state index contributed by atoms with van der Waals surface area (Å²) >= 11 is 0. The number of dihydropyridines is 1. The summed E-state index contributed by atoms with van der Waals surface area (Å²) in [6, 6.07) is 7.81. The minimum atomic E-state index is -0.383. The third-order valence-electron chi connectivity index (χ3n) is 6.59. The predicted molar refractivity (Wildman–Crippen MR) is 139 cm³/mol. The SMILES string of the molecule is CCC(C)C1C(C(=O)OCCCc2cccnc2)=C(C)NC(C)=C1C(=O)OCCCc1cccnc1. The van der Waals surface area contributed by atoms with Crippen LogP contribution in [-0.2, 0) is 31.9 Å². The van der Waals surface area contributed by atoms with Crippen molar-refractivity contribution in [1.82, 2.24) is 15.3 Å². The van der Waals surface area contributed by atoms with Gasteiger partial charge < -0.3 is 14.8 Å². The summed E-state index contributed by atoms with van der Waals surface area (Å²) in [5.41, 5.74) is 4.68. The average Bonchev–Trinajstić information content (AvgIpc) is 2.89. The van der Waals surface area contributed by atoms with E-state index in [1.807, 2.05) is 50.5 Å². The lowest BCUT2D eigenvalue weighted by Gasteiger charge is -2.33. The summed E-state index contributed by atoms with van der Waals surface area (Å²) in [7, 11) is 0. The Kier molecular flexibility index (Phi) is 10.2. The van der Waals surface area contributed by atoms with Gasteiger partial charge in [0.05, 0.1) is 24.4 Å². The number of ether oxygens (including phenoxy) is 2. The van der Waals surface area contributed by atoms with Crippen LogP contribution in [0.4, 0.5) is 0 Å². The van der Waals surface area contributed by atoms with Gasteiger partial charge in [-0.1, -0.05) is 32.4 Å². The van der Waals surface area contributed by atoms with Crippen LogP contribution in [0, 0.1) is 11.8 Å². The van der Waals surface area contributed by atoms with Gasteiger partial charge in [0.25, 0.3) is 0 Å². The quantitative estimate of drug-likeness (QED) is 0.332. The number of nitrogens with zero attached hydrogens (tertiary/aromatic N) is 2. The van der Waals surface area contributed by atoms with Crippen molar-refractivity contribution in [1.29, 1.82) is 0 Å². The molecule has 3 heterocycles. The number of rotatable bonds is 12. The minimum Gasteiger partial charge on any atom is -0.462 e. The standard InChI is InChI=1S/C29H37N3O4/c1-5-20(2)25-26(28(33)35-16-8-12-23-10-6-14-30-18-23)21(3)32-22(4)27(25)29(34)36-17-9-13-24-11-7-15-31-19-24/h6-7,10-11,14-15,18-20,25,32H,5,8-9,12-13,16-17H2,1-4H3. The molecular formula is C29H37N3O4. The Morgan fingerprint density at radius 1 is 0.889 bits per heavy atom. The van der Waals surface area contributed by atoms with Gasteiger partial charge in [-0.25, -0.2) is 9.59 Å². The van der Waals surface area contributed by atoms with Gasteiger partial charge >= 0.3 is 11.9 Å². The van der Waals surface area contributed by atoms with Crippen molar-refractivity contribution >= 4 is 11.9 Å². The molecule has 0 aromatic carbocycles. The Hall–Kier alpha value is -3.48. The molecule has 0 aliphatic carbocycles. The predicted octanol–water partition coefficient (Wildman–Crippen LogP) is 4.94. The van der Waals surface area contributed by atoms with Gasteiger partial charge in [0.15, 0.2) is 0 Å². The Morgan fingerprint density at radius 2 is 1.36 bits per heavy atom. The maximum atomic E-state index is 13.2. The summed E-state index contributed by atoms with van der Waals surface area (Å²) < 4.78 is 11.3. The van der Waals surface area contributed by atoms with Gasteiger partial charge in [0.1, 0.15) is 0 Å². The molecule has 1 aliphatic heterocycles. The molecule has 0 bridgehead atoms. The lowest BCUT2D eigenvalue weighted by Crippen LogP contribution is -2.36. The Morgan fingerprint density at radius 3 is 1.75 bits per heavy atom. The second-order valence-corrected chi connectivity index (χ2v) is 9.27. The van der Waals surface area contributed by atoms with E-state index >= 15 is 0 Å². The molecule has 3 rings (SSSR count). The van der Waals surface area contributed by atoms with Gasteiger partial charge in [0.2, 0.25) is 0 Å². The maximum Gasteiger partial charge on any atom is 0.336 e. The highest BCUT2D eigenvalue weighted by molar-refractivity contribution is 5.97. The summed E-state index contributed by atoms with van der Waals surface area (Å²) in [6.07, 6.45) is 10.9. The molecular weight excluding hydrogens is 454 g/mol. The van der Waals surface area contributed by atoms with Crippen molar-refractivity contribution in [2.24, 2.45) is 11.8 Å². The molecule has 1 unspecified atom stereocenters. The molecule has 0 saturated carbocycles. The number of hydrogen-bond donors (Lipinski definition) is 1. The lowest BCUT2D eigenvalue weighted by molar-refractivity contribution is -0.141. The monoisotopic (exact) mass is 491 g/mol. The second-order valence-electron chi connectivity index (χ2n) is 9.27. The second kappa shape index (κ2) is 13.6. The summed E-state index contributed by atoms with van der Waals surface area (Å²) in [5, 5.41) is 3.22. The van der Waals surface area contributed by atoms with Crippen LogP contribution in [0.2, 0.25) is 0 Å². The Labute approximate surface area is 214 Å². The van der Waals surface area contributed by atoms with Crippen LogP contribution in [0.3, 0.4) is 0 Å². The number of allylic oxidation sites excluding steroid dienone is 2. The molecule has 192 valence electrons. The number of aromatic nitrogens is 2. The van der Waals surface area contributed by atoms with Gasteiger partial charge in [-0.15, -0.1) is 0 Å². The molecule has 1 aliphatic rings. The van der Waals surface area contributed by atoms with Crippen molar-refractivity contribution in [2.45, 2.75) is 59.8 Å². The zero-order chi connectivity index (χ0) is 25.9. The fourth-order valence-corrected chi connectivity index (χ4v) is 4.52. The van der Waals surface area contributed by atoms with Crippen molar-refractivity contribution in [3.63, 3.8) is 0 Å². The van der Waals surface area contributed by atoms with E-state index in [9.17, 15) is 9.59 Å². The van der Waals surface area contributed by atoms with Gasteiger partial charge in [-0.05, 0) is 68.7 Å². The van der Waals surface area contributed by atoms with Gasteiger partial charge in [0, 0.05) is 42.1 Å². The molecule has 2 aromatic heterocycles. The lowest BCUT2D eigenvalue weighted by atomic mass is 9.76. The third-order valence-corrected chi connectivity index (χ3v) is 6.59. The molecule has 1 atom stereocenters. The molecule has 0 amide bonds. The summed E-state index contributed by atoms with van der Waals surface area (Å²) in [5.74, 6) is -1.09. The van der Waals surface area contributed by atoms with Gasteiger partial charge in [-0.3, -0.25) is 9.97 Å². The number of esters is 2. The fourth-order valence-electron chi connectivity index (χ4n) is 4.52. The smallest absolute Gasteiger partial charge is 0.336 e. The molecule has 0 fully saturated rings. The maximum absolute atomic E-state index is 13.2. The van der Waals surface area contributed by atoms with E-state index in [4.69, 9.17) is 9.47 Å². The Bertz CT molecular complexity index is 999. The summed E-state index contributed by atoms with van der Waals surface area (Å²) in [4.78, 5) is 34.7. The first kappa shape index (κ1) is 27.1. The normalized spacial score (nSPS) is 14.9. The van der Waals surface area contributed by atoms with Crippen LogP contribution in [-0.4, -0.2) is 35.1 Å². The highest BCUT2D eigenvalue weighted by Gasteiger charge is 2.39. The average molecular weight is 492 g/mol. The molecule has 0 saturated heterocycles. The zero-order valence-electron chi connectivity index (χ0n) is 21.8. The van der Waals surface area contributed by atoms with Crippen LogP contribution < -0.4 is 5.32 Å². The first-order valence-corrected chi connectivity index (χ1v) is 12.7. The Balaban J connectivity index is 1.63. The minimum absolute atomic E-state index is 0.0629. The van der Waals surface area contributed by atoms with Crippen molar-refractivity contribution in [3.8, 4) is 0 Å². The number of aryl methyl sites for hydroxylation is 2. The van der Waals surface area contributed by atoms with Crippen LogP contribution in [0.15, 0.2) is 71.6 Å². The van der Waals surface area contributed by atoms with E-state index in [1.54, 1.807) is 12.4 Å². The number of carbonyl (C=O) groups excluding carboxylic acids is 2. The van der Waals surface area contributed by atoms with Crippen molar-refractivity contribution in [2.75, 3.05) is 13.2 Å². The number of hydrogen-bond acceptors (Lipinski definition) is 7. The fraction of sp³-hybridized carbons (Fsp3) is 0.448. The number of nitrogens with one attached hydrogen (secondary N) is 1. The molecule has 0 spiro atoms. The molecule has 1 N–H and O–H groups in total. The largest absolute Gasteiger partial charge is 0.462 e. The van der Waals surface area contributed by atoms with Crippen LogP contribution in [0.5, 0.6) is 0 Å². The molecule has 0 radical (unpaired) electrons. The van der Waals surface area contributed by atoms with Gasteiger partial charge in [-0.2, -0.15) is 0 Å². The van der Waals surface area contributed by atoms with E-state index in [1.165, 1.54) is 0 Å². The first-order chi connectivity index (χ1) is 17.4. The molecule has 7 heteroatoms. The zero-order valence-corrected chi connectivity index (χ0v) is 21.8. The third kappa shape index (κ3) is 7.26. The highest BCUT2D eigenvalue weighted by atomic mass is 16.5. The topological polar surface area (TPSA) is 90.4 Å². The highest BCUT2D eigenvalue weighted by Crippen LogP contribution is 2.37. The molecule has 7 nitrogen and oxygen atoms in total. The molecule has 36 heavy (non-hydrogen) atoms. The van der Waals surface area contributed by atoms with E-state index in [-0.39, 0.29) is 23.8 Å². The van der Waals surface area contributed by atoms with Crippen LogP contribution >= 0.6 is 0 Å². The summed E-state index contributed by atoms with van der Waals surface area (Å²) in [6.45, 7) is 8.44. The van der Waals surface area contributed by atoms with Crippen molar-refractivity contribution in [3.05, 3.63) is 82.7 Å². The first-order valence-electron chi connectivity index (χ1n) is 12.7. The van der Waals surface area contributed by atoms with E-state index in [0.29, 0.717) is 37.2 Å². The van der Waals surface area contributed by atoms with Crippen molar-refractivity contribution < 1.29 is 19.1 Å². The van der Waals surface area contributed by atoms with Crippen LogP contribution in [0.1, 0.15) is 58.1 Å². The number of carbonyl (C=O) groups is 2.